The largest absolute Gasteiger partial charge is 0.292 e. The van der Waals surface area contributed by atoms with E-state index < -0.39 is 0 Å². The van der Waals surface area contributed by atoms with Crippen LogP contribution in [0.4, 0.5) is 0 Å². The molecule has 0 atom stereocenters. The summed E-state index contributed by atoms with van der Waals surface area (Å²) in [6.45, 7) is 1.78. The van der Waals surface area contributed by atoms with Crippen LogP contribution in [0.15, 0.2) is 16.7 Å². The predicted octanol–water partition coefficient (Wildman–Crippen LogP) is 0.910. The molecule has 0 aliphatic carbocycles. The lowest BCUT2D eigenvalue weighted by atomic mass is 10.3. The molecule has 0 spiro atoms. The van der Waals surface area contributed by atoms with Crippen molar-refractivity contribution in [1.29, 1.82) is 0 Å². The second-order valence-electron chi connectivity index (χ2n) is 4.18. The number of nitrogens with one attached hydrogen (secondary N) is 1. The van der Waals surface area contributed by atoms with E-state index in [4.69, 9.17) is 0 Å². The molecule has 9 heteroatoms. The SMILES string of the molecule is Cc1nc2sccn2c1C(=O)N/N=C1/SCC(=O)N1C. The van der Waals surface area contributed by atoms with Gasteiger partial charge in [0.2, 0.25) is 5.91 Å². The zero-order valence-corrected chi connectivity index (χ0v) is 12.4. The molecule has 1 saturated heterocycles. The Morgan fingerprint density at radius 2 is 2.35 bits per heavy atom. The molecule has 3 rings (SSSR count). The van der Waals surface area contributed by atoms with Crippen LogP contribution in [0.2, 0.25) is 0 Å². The van der Waals surface area contributed by atoms with Gasteiger partial charge in [0.15, 0.2) is 10.1 Å². The molecule has 2 aromatic rings. The van der Waals surface area contributed by atoms with Gasteiger partial charge < -0.3 is 0 Å². The maximum Gasteiger partial charge on any atom is 0.290 e. The first kappa shape index (κ1) is 13.1. The van der Waals surface area contributed by atoms with Crippen LogP contribution < -0.4 is 5.43 Å². The molecule has 0 bridgehead atoms. The molecule has 1 aliphatic rings. The van der Waals surface area contributed by atoms with E-state index in [9.17, 15) is 9.59 Å². The molecule has 1 N–H and O–H groups in total. The predicted molar refractivity (Wildman–Crippen MR) is 77.9 cm³/mol. The number of hydrogen-bond donors (Lipinski definition) is 1. The molecule has 20 heavy (non-hydrogen) atoms. The third-order valence-electron chi connectivity index (χ3n) is 2.89. The van der Waals surface area contributed by atoms with Crippen LogP contribution in [0.3, 0.4) is 0 Å². The van der Waals surface area contributed by atoms with E-state index in [-0.39, 0.29) is 11.8 Å². The maximum absolute atomic E-state index is 12.2. The van der Waals surface area contributed by atoms with Crippen LogP contribution in [-0.2, 0) is 4.79 Å². The minimum Gasteiger partial charge on any atom is -0.292 e. The van der Waals surface area contributed by atoms with Gasteiger partial charge in [0.05, 0.1) is 11.4 Å². The number of hydrogen-bond acceptors (Lipinski definition) is 6. The Kier molecular flexibility index (Phi) is 3.22. The van der Waals surface area contributed by atoms with E-state index in [0.717, 1.165) is 4.96 Å². The van der Waals surface area contributed by atoms with E-state index in [2.05, 4.69) is 15.5 Å². The average molecular weight is 309 g/mol. The molecule has 0 saturated carbocycles. The highest BCUT2D eigenvalue weighted by Crippen LogP contribution is 2.18. The van der Waals surface area contributed by atoms with Crippen LogP contribution in [0.5, 0.6) is 0 Å². The first-order chi connectivity index (χ1) is 9.58. The van der Waals surface area contributed by atoms with E-state index in [1.165, 1.54) is 28.0 Å². The topological polar surface area (TPSA) is 79.1 Å². The van der Waals surface area contributed by atoms with Crippen LogP contribution in [0.1, 0.15) is 16.2 Å². The molecule has 1 fully saturated rings. The van der Waals surface area contributed by atoms with Crippen molar-refractivity contribution in [2.45, 2.75) is 6.92 Å². The summed E-state index contributed by atoms with van der Waals surface area (Å²) in [6, 6.07) is 0. The quantitative estimate of drug-likeness (QED) is 0.836. The van der Waals surface area contributed by atoms with Gasteiger partial charge in [-0.15, -0.1) is 16.4 Å². The van der Waals surface area contributed by atoms with Crippen molar-refractivity contribution in [2.75, 3.05) is 12.8 Å². The molecule has 0 aromatic carbocycles. The van der Waals surface area contributed by atoms with Crippen LogP contribution in [0.25, 0.3) is 4.96 Å². The van der Waals surface area contributed by atoms with Crippen molar-refractivity contribution >= 4 is 45.0 Å². The van der Waals surface area contributed by atoms with Gasteiger partial charge in [-0.2, -0.15) is 0 Å². The Labute approximate surface area is 122 Å². The van der Waals surface area contributed by atoms with Crippen LogP contribution in [-0.4, -0.2) is 44.1 Å². The highest BCUT2D eigenvalue weighted by atomic mass is 32.2. The number of amidine groups is 1. The number of imidazole rings is 1. The van der Waals surface area contributed by atoms with Gasteiger partial charge in [-0.1, -0.05) is 11.8 Å². The number of rotatable bonds is 2. The number of fused-ring (bicyclic) bond motifs is 1. The molecular weight excluding hydrogens is 298 g/mol. The van der Waals surface area contributed by atoms with Crippen LogP contribution in [0, 0.1) is 6.92 Å². The Balaban J connectivity index is 1.83. The lowest BCUT2D eigenvalue weighted by Gasteiger charge is -2.07. The number of hydrazone groups is 1. The zero-order chi connectivity index (χ0) is 14.3. The summed E-state index contributed by atoms with van der Waals surface area (Å²) < 4.78 is 1.73. The normalized spacial score (nSPS) is 17.4. The number of carbonyl (C=O) groups is 2. The number of carbonyl (C=O) groups excluding carboxylic acids is 2. The summed E-state index contributed by atoms with van der Waals surface area (Å²) in [5.74, 6) is -0.0101. The number of thiazole rings is 1. The monoisotopic (exact) mass is 309 g/mol. The van der Waals surface area contributed by atoms with E-state index in [1.54, 1.807) is 24.6 Å². The maximum atomic E-state index is 12.2. The second kappa shape index (κ2) is 4.91. The average Bonchev–Trinajstić information content (AvgIpc) is 3.04. The lowest BCUT2D eigenvalue weighted by molar-refractivity contribution is -0.123. The lowest BCUT2D eigenvalue weighted by Crippen LogP contribution is -2.28. The summed E-state index contributed by atoms with van der Waals surface area (Å²) in [4.78, 5) is 30.0. The molecular formula is C11H11N5O2S2. The van der Waals surface area contributed by atoms with Gasteiger partial charge in [-0.3, -0.25) is 18.9 Å². The minimum atomic E-state index is -0.339. The summed E-state index contributed by atoms with van der Waals surface area (Å²) in [7, 11) is 1.63. The van der Waals surface area contributed by atoms with E-state index in [0.29, 0.717) is 22.3 Å². The molecule has 0 radical (unpaired) electrons. The van der Waals surface area contributed by atoms with Crippen molar-refractivity contribution in [3.05, 3.63) is 23.0 Å². The highest BCUT2D eigenvalue weighted by molar-refractivity contribution is 8.15. The van der Waals surface area contributed by atoms with Crippen molar-refractivity contribution < 1.29 is 9.59 Å². The fourth-order valence-corrected chi connectivity index (χ4v) is 3.46. The fraction of sp³-hybridized carbons (Fsp3) is 0.273. The fourth-order valence-electron chi connectivity index (χ4n) is 1.85. The molecule has 0 unspecified atom stereocenters. The minimum absolute atomic E-state index is 0.0243. The first-order valence-electron chi connectivity index (χ1n) is 5.77. The van der Waals surface area contributed by atoms with Gasteiger partial charge >= 0.3 is 0 Å². The summed E-state index contributed by atoms with van der Waals surface area (Å²) in [6.07, 6.45) is 1.79. The number of thioether (sulfide) groups is 1. The summed E-state index contributed by atoms with van der Waals surface area (Å²) in [5, 5.41) is 6.35. The Morgan fingerprint density at radius 1 is 1.55 bits per heavy atom. The molecule has 104 valence electrons. The summed E-state index contributed by atoms with van der Waals surface area (Å²) in [5.41, 5.74) is 3.59. The van der Waals surface area contributed by atoms with Crippen molar-refractivity contribution in [1.82, 2.24) is 19.7 Å². The molecule has 3 heterocycles. The van der Waals surface area contributed by atoms with Crippen molar-refractivity contribution in [3.8, 4) is 0 Å². The third kappa shape index (κ3) is 2.08. The number of aryl methyl sites for hydroxylation is 1. The standard InChI is InChI=1S/C11H11N5O2S2/c1-6-8(16-3-4-19-10(16)12-6)9(18)13-14-11-15(2)7(17)5-20-11/h3-4H,5H2,1-2H3,(H,13,18)/b14-11+. The Morgan fingerprint density at radius 3 is 3.05 bits per heavy atom. The Hall–Kier alpha value is -1.87. The zero-order valence-electron chi connectivity index (χ0n) is 10.8. The van der Waals surface area contributed by atoms with Crippen LogP contribution >= 0.6 is 23.1 Å². The van der Waals surface area contributed by atoms with E-state index >= 15 is 0 Å². The Bertz CT molecular complexity index is 732. The number of amides is 2. The molecule has 2 amide bonds. The smallest absolute Gasteiger partial charge is 0.290 e. The van der Waals surface area contributed by atoms with Gasteiger partial charge in [0.25, 0.3) is 5.91 Å². The van der Waals surface area contributed by atoms with Gasteiger partial charge in [-0.25, -0.2) is 10.4 Å². The number of aromatic nitrogens is 2. The molecule has 1 aliphatic heterocycles. The van der Waals surface area contributed by atoms with Gasteiger partial charge in [-0.05, 0) is 6.92 Å². The van der Waals surface area contributed by atoms with Crippen molar-refractivity contribution in [3.63, 3.8) is 0 Å². The molecule has 7 nitrogen and oxygen atoms in total. The highest BCUT2D eigenvalue weighted by Gasteiger charge is 2.25. The van der Waals surface area contributed by atoms with Crippen molar-refractivity contribution in [2.24, 2.45) is 5.10 Å². The first-order valence-corrected chi connectivity index (χ1v) is 7.64. The van der Waals surface area contributed by atoms with E-state index in [1.807, 2.05) is 5.38 Å². The van der Waals surface area contributed by atoms with Gasteiger partial charge in [0, 0.05) is 18.6 Å². The van der Waals surface area contributed by atoms with Gasteiger partial charge in [0.1, 0.15) is 5.69 Å². The number of nitrogens with zero attached hydrogens (tertiary/aromatic N) is 4. The summed E-state index contributed by atoms with van der Waals surface area (Å²) >= 11 is 2.76. The second-order valence-corrected chi connectivity index (χ2v) is 5.99. The molecule has 2 aromatic heterocycles. The third-order valence-corrected chi connectivity index (χ3v) is 4.66.